The van der Waals surface area contributed by atoms with Crippen molar-refractivity contribution in [3.63, 3.8) is 0 Å². The van der Waals surface area contributed by atoms with E-state index in [4.69, 9.17) is 0 Å². The number of aliphatic hydroxyl groups is 1. The van der Waals surface area contributed by atoms with E-state index in [2.05, 4.69) is 20.0 Å². The highest BCUT2D eigenvalue weighted by Crippen LogP contribution is 2.24. The molecule has 1 unspecified atom stereocenters. The minimum Gasteiger partial charge on any atom is -0.453 e. The van der Waals surface area contributed by atoms with Crippen molar-refractivity contribution in [3.8, 4) is 0 Å². The maximum atomic E-state index is 12.9. The second-order valence-electron chi connectivity index (χ2n) is 4.92. The van der Waals surface area contributed by atoms with E-state index in [-0.39, 0.29) is 5.82 Å². The van der Waals surface area contributed by atoms with Crippen LogP contribution in [0, 0.1) is 5.82 Å². The molecule has 0 radical (unpaired) electrons. The van der Waals surface area contributed by atoms with Gasteiger partial charge in [0.25, 0.3) is 0 Å². The lowest BCUT2D eigenvalue weighted by Gasteiger charge is -2.07. The number of nitrogens with zero attached hydrogens (tertiary/aromatic N) is 1. The molecule has 6 nitrogen and oxygen atoms in total. The summed E-state index contributed by atoms with van der Waals surface area (Å²) in [6, 6.07) is 10.6. The molecule has 1 heterocycles. The normalized spacial score (nSPS) is 12.1. The highest BCUT2D eigenvalue weighted by molar-refractivity contribution is 5.88. The SMILES string of the molecule is COC(=O)Nc1ccc2nc(C(O)c3ccc(F)cc3)[nH]c2c1. The Bertz CT molecular complexity index is 845. The summed E-state index contributed by atoms with van der Waals surface area (Å²) in [5, 5.41) is 12.9. The molecule has 3 N–H and O–H groups in total. The number of fused-ring (bicyclic) bond motifs is 1. The van der Waals surface area contributed by atoms with E-state index in [9.17, 15) is 14.3 Å². The van der Waals surface area contributed by atoms with Crippen molar-refractivity contribution in [3.05, 3.63) is 59.7 Å². The quantitative estimate of drug-likeness (QED) is 0.693. The molecule has 0 fully saturated rings. The number of aromatic amines is 1. The predicted molar refractivity (Wildman–Crippen MR) is 82.6 cm³/mol. The topological polar surface area (TPSA) is 87.2 Å². The third-order valence-corrected chi connectivity index (χ3v) is 3.38. The van der Waals surface area contributed by atoms with Crippen LogP contribution >= 0.6 is 0 Å². The number of carbonyl (C=O) groups excluding carboxylic acids is 1. The Morgan fingerprint density at radius 1 is 1.30 bits per heavy atom. The van der Waals surface area contributed by atoms with Gasteiger partial charge in [-0.3, -0.25) is 5.32 Å². The highest BCUT2D eigenvalue weighted by Gasteiger charge is 2.15. The summed E-state index contributed by atoms with van der Waals surface area (Å²) in [6.07, 6.45) is -1.57. The summed E-state index contributed by atoms with van der Waals surface area (Å²) in [6.45, 7) is 0. The summed E-state index contributed by atoms with van der Waals surface area (Å²) in [4.78, 5) is 18.5. The molecule has 0 bridgehead atoms. The molecule has 0 aliphatic rings. The summed E-state index contributed by atoms with van der Waals surface area (Å²) < 4.78 is 17.5. The number of aliphatic hydroxyl groups excluding tert-OH is 1. The lowest BCUT2D eigenvalue weighted by molar-refractivity contribution is 0.187. The third kappa shape index (κ3) is 3.14. The van der Waals surface area contributed by atoms with Gasteiger partial charge in [-0.15, -0.1) is 0 Å². The minimum atomic E-state index is -1.000. The van der Waals surface area contributed by atoms with Crippen molar-refractivity contribution < 1.29 is 19.0 Å². The Morgan fingerprint density at radius 3 is 2.74 bits per heavy atom. The zero-order valence-electron chi connectivity index (χ0n) is 12.2. The molecular weight excluding hydrogens is 301 g/mol. The van der Waals surface area contributed by atoms with Crippen LogP contribution in [0.25, 0.3) is 11.0 Å². The fourth-order valence-electron chi connectivity index (χ4n) is 2.21. The van der Waals surface area contributed by atoms with Crippen LogP contribution in [0.2, 0.25) is 0 Å². The number of methoxy groups -OCH3 is 1. The van der Waals surface area contributed by atoms with E-state index in [0.29, 0.717) is 28.1 Å². The first-order valence-electron chi connectivity index (χ1n) is 6.85. The monoisotopic (exact) mass is 315 g/mol. The number of benzene rings is 2. The molecule has 118 valence electrons. The lowest BCUT2D eigenvalue weighted by Crippen LogP contribution is -2.10. The predicted octanol–water partition coefficient (Wildman–Crippen LogP) is 2.96. The second kappa shape index (κ2) is 6.05. The van der Waals surface area contributed by atoms with Gasteiger partial charge in [-0.05, 0) is 35.9 Å². The number of halogens is 1. The Kier molecular flexibility index (Phi) is 3.94. The first kappa shape index (κ1) is 15.0. The van der Waals surface area contributed by atoms with E-state index in [1.165, 1.54) is 31.4 Å². The summed E-state index contributed by atoms with van der Waals surface area (Å²) in [5.74, 6) is -0.0362. The summed E-state index contributed by atoms with van der Waals surface area (Å²) in [5.41, 5.74) is 2.35. The maximum Gasteiger partial charge on any atom is 0.411 e. The molecule has 1 atom stereocenters. The minimum absolute atomic E-state index is 0.335. The molecule has 0 saturated carbocycles. The second-order valence-corrected chi connectivity index (χ2v) is 4.92. The van der Waals surface area contributed by atoms with Crippen LogP contribution in [0.15, 0.2) is 42.5 Å². The van der Waals surface area contributed by atoms with E-state index in [0.717, 1.165) is 0 Å². The van der Waals surface area contributed by atoms with Crippen molar-refractivity contribution in [2.75, 3.05) is 12.4 Å². The van der Waals surface area contributed by atoms with Gasteiger partial charge in [0.1, 0.15) is 17.7 Å². The number of nitrogens with one attached hydrogen (secondary N) is 2. The van der Waals surface area contributed by atoms with Crippen LogP contribution in [0.4, 0.5) is 14.9 Å². The van der Waals surface area contributed by atoms with Crippen molar-refractivity contribution >= 4 is 22.8 Å². The average molecular weight is 315 g/mol. The van der Waals surface area contributed by atoms with Crippen molar-refractivity contribution in [2.45, 2.75) is 6.10 Å². The lowest BCUT2D eigenvalue weighted by atomic mass is 10.1. The molecule has 1 aromatic heterocycles. The third-order valence-electron chi connectivity index (χ3n) is 3.38. The Morgan fingerprint density at radius 2 is 2.04 bits per heavy atom. The zero-order chi connectivity index (χ0) is 16.4. The van der Waals surface area contributed by atoms with Crippen LogP contribution in [-0.2, 0) is 4.74 Å². The van der Waals surface area contributed by atoms with Crippen molar-refractivity contribution in [1.29, 1.82) is 0 Å². The van der Waals surface area contributed by atoms with Crippen LogP contribution in [-0.4, -0.2) is 28.3 Å². The maximum absolute atomic E-state index is 12.9. The molecule has 3 rings (SSSR count). The molecule has 1 amide bonds. The van der Waals surface area contributed by atoms with E-state index < -0.39 is 12.2 Å². The van der Waals surface area contributed by atoms with Gasteiger partial charge in [0.05, 0.1) is 18.1 Å². The van der Waals surface area contributed by atoms with Gasteiger partial charge in [0.2, 0.25) is 0 Å². The molecule has 0 spiro atoms. The number of hydrogen-bond acceptors (Lipinski definition) is 4. The standard InChI is InChI=1S/C16H14FN3O3/c1-23-16(22)18-11-6-7-12-13(8-11)20-15(19-12)14(21)9-2-4-10(17)5-3-9/h2-8,14,21H,1H3,(H,18,22)(H,19,20). The number of aromatic nitrogens is 2. The molecule has 7 heteroatoms. The number of rotatable bonds is 3. The number of ether oxygens (including phenoxy) is 1. The smallest absolute Gasteiger partial charge is 0.411 e. The summed E-state index contributed by atoms with van der Waals surface area (Å²) >= 11 is 0. The number of anilines is 1. The van der Waals surface area contributed by atoms with Gasteiger partial charge >= 0.3 is 6.09 Å². The molecule has 0 saturated heterocycles. The first-order chi connectivity index (χ1) is 11.1. The number of imidazole rings is 1. The molecule has 23 heavy (non-hydrogen) atoms. The van der Waals surface area contributed by atoms with Crippen LogP contribution < -0.4 is 5.32 Å². The van der Waals surface area contributed by atoms with Gasteiger partial charge in [0, 0.05) is 5.69 Å². The highest BCUT2D eigenvalue weighted by atomic mass is 19.1. The Labute approximate surface area is 130 Å². The van der Waals surface area contributed by atoms with E-state index in [1.54, 1.807) is 18.2 Å². The number of hydrogen-bond donors (Lipinski definition) is 3. The zero-order valence-corrected chi connectivity index (χ0v) is 12.2. The van der Waals surface area contributed by atoms with Gasteiger partial charge in [0.15, 0.2) is 0 Å². The van der Waals surface area contributed by atoms with Crippen LogP contribution in [0.1, 0.15) is 17.5 Å². The van der Waals surface area contributed by atoms with E-state index in [1.807, 2.05) is 0 Å². The Balaban J connectivity index is 1.90. The average Bonchev–Trinajstić information content (AvgIpc) is 2.98. The van der Waals surface area contributed by atoms with Gasteiger partial charge in [-0.1, -0.05) is 12.1 Å². The van der Waals surface area contributed by atoms with E-state index >= 15 is 0 Å². The van der Waals surface area contributed by atoms with Crippen LogP contribution in [0.5, 0.6) is 0 Å². The van der Waals surface area contributed by atoms with Gasteiger partial charge in [-0.25, -0.2) is 14.2 Å². The van der Waals surface area contributed by atoms with Gasteiger partial charge in [-0.2, -0.15) is 0 Å². The molecule has 2 aromatic carbocycles. The summed E-state index contributed by atoms with van der Waals surface area (Å²) in [7, 11) is 1.28. The molecule has 0 aliphatic carbocycles. The fraction of sp³-hybridized carbons (Fsp3) is 0.125. The van der Waals surface area contributed by atoms with Crippen LogP contribution in [0.3, 0.4) is 0 Å². The van der Waals surface area contributed by atoms with Crippen molar-refractivity contribution in [2.24, 2.45) is 0 Å². The fourth-order valence-corrected chi connectivity index (χ4v) is 2.21. The number of H-pyrrole nitrogens is 1. The first-order valence-corrected chi connectivity index (χ1v) is 6.85. The molecular formula is C16H14FN3O3. The molecule has 0 aliphatic heterocycles. The van der Waals surface area contributed by atoms with Gasteiger partial charge < -0.3 is 14.8 Å². The molecule has 3 aromatic rings. The van der Waals surface area contributed by atoms with Crippen molar-refractivity contribution in [1.82, 2.24) is 9.97 Å². The number of carbonyl (C=O) groups is 1. The number of amides is 1. The Hall–Kier alpha value is -2.93. The largest absolute Gasteiger partial charge is 0.453 e.